The average Bonchev–Trinajstić information content (AvgIpc) is 3.08. The summed E-state index contributed by atoms with van der Waals surface area (Å²) in [7, 11) is 1.94. The van der Waals surface area contributed by atoms with Crippen LogP contribution in [0.2, 0.25) is 0 Å². The Morgan fingerprint density at radius 3 is 2.79 bits per heavy atom. The number of hydrogen-bond donors (Lipinski definition) is 1. The molecule has 1 aromatic rings. The van der Waals surface area contributed by atoms with E-state index in [4.69, 9.17) is 0 Å². The summed E-state index contributed by atoms with van der Waals surface area (Å²) in [5.74, 6) is 1.86. The molecule has 28 heavy (non-hydrogen) atoms. The van der Waals surface area contributed by atoms with Gasteiger partial charge in [0.05, 0.1) is 10.7 Å². The standard InChI is InChI=1S/C22H39N5S/c1-5-9-22(3)10-6-11-27(17-22)21(23-4)24-14-19-7-12-26(13-8-19)15-20-16-28-18(2)25-20/h16,19H,5-15,17H2,1-4H3,(H,23,24). The van der Waals surface area contributed by atoms with Crippen LogP contribution in [0.3, 0.4) is 0 Å². The first-order chi connectivity index (χ1) is 13.5. The van der Waals surface area contributed by atoms with Gasteiger partial charge in [0.1, 0.15) is 0 Å². The van der Waals surface area contributed by atoms with Gasteiger partial charge in [0.2, 0.25) is 0 Å². The monoisotopic (exact) mass is 405 g/mol. The van der Waals surface area contributed by atoms with Gasteiger partial charge in [-0.2, -0.15) is 0 Å². The Kier molecular flexibility index (Phi) is 7.75. The molecular formula is C22H39N5S. The van der Waals surface area contributed by atoms with Crippen molar-refractivity contribution in [3.05, 3.63) is 16.1 Å². The van der Waals surface area contributed by atoms with E-state index in [0.717, 1.165) is 38.1 Å². The van der Waals surface area contributed by atoms with Crippen LogP contribution in [0.1, 0.15) is 63.1 Å². The summed E-state index contributed by atoms with van der Waals surface area (Å²) in [6.45, 7) is 13.6. The number of aliphatic imine (C=N–C) groups is 1. The van der Waals surface area contributed by atoms with Crippen molar-refractivity contribution >= 4 is 17.3 Å². The second-order valence-corrected chi connectivity index (χ2v) is 10.2. The van der Waals surface area contributed by atoms with Gasteiger partial charge < -0.3 is 10.2 Å². The highest BCUT2D eigenvalue weighted by molar-refractivity contribution is 7.09. The molecule has 158 valence electrons. The second-order valence-electron chi connectivity index (χ2n) is 9.09. The summed E-state index contributed by atoms with van der Waals surface area (Å²) in [6.07, 6.45) is 7.76. The third-order valence-electron chi connectivity index (χ3n) is 6.45. The largest absolute Gasteiger partial charge is 0.356 e. The molecule has 0 bridgehead atoms. The van der Waals surface area contributed by atoms with E-state index >= 15 is 0 Å². The predicted octanol–water partition coefficient (Wildman–Crippen LogP) is 4.14. The lowest BCUT2D eigenvalue weighted by Gasteiger charge is -2.42. The van der Waals surface area contributed by atoms with Crippen LogP contribution in [0.25, 0.3) is 0 Å². The van der Waals surface area contributed by atoms with Crippen LogP contribution < -0.4 is 5.32 Å². The fourth-order valence-electron chi connectivity index (χ4n) is 4.93. The topological polar surface area (TPSA) is 43.8 Å². The quantitative estimate of drug-likeness (QED) is 0.571. The number of rotatable bonds is 6. The predicted molar refractivity (Wildman–Crippen MR) is 120 cm³/mol. The van der Waals surface area contributed by atoms with E-state index in [2.05, 4.69) is 51.2 Å². The molecule has 2 fully saturated rings. The number of thiazole rings is 1. The molecule has 0 spiro atoms. The van der Waals surface area contributed by atoms with Crippen LogP contribution in [0.4, 0.5) is 0 Å². The van der Waals surface area contributed by atoms with Gasteiger partial charge in [0.15, 0.2) is 5.96 Å². The van der Waals surface area contributed by atoms with Crippen LogP contribution in [0.15, 0.2) is 10.4 Å². The Labute approximate surface area is 175 Å². The average molecular weight is 406 g/mol. The Morgan fingerprint density at radius 2 is 2.14 bits per heavy atom. The van der Waals surface area contributed by atoms with Gasteiger partial charge >= 0.3 is 0 Å². The van der Waals surface area contributed by atoms with Crippen molar-refractivity contribution in [1.82, 2.24) is 20.1 Å². The van der Waals surface area contributed by atoms with Crippen molar-refractivity contribution in [3.8, 4) is 0 Å². The van der Waals surface area contributed by atoms with Crippen molar-refractivity contribution in [2.45, 2.75) is 65.8 Å². The Balaban J connectivity index is 1.42. The van der Waals surface area contributed by atoms with Crippen molar-refractivity contribution < 1.29 is 0 Å². The third-order valence-corrected chi connectivity index (χ3v) is 7.28. The molecule has 5 nitrogen and oxygen atoms in total. The smallest absolute Gasteiger partial charge is 0.193 e. The van der Waals surface area contributed by atoms with Crippen LogP contribution in [-0.4, -0.2) is 60.5 Å². The number of aromatic nitrogens is 1. The maximum atomic E-state index is 4.61. The van der Waals surface area contributed by atoms with Gasteiger partial charge in [-0.15, -0.1) is 11.3 Å². The zero-order valence-electron chi connectivity index (χ0n) is 18.3. The zero-order chi connectivity index (χ0) is 20.0. The minimum Gasteiger partial charge on any atom is -0.356 e. The summed E-state index contributed by atoms with van der Waals surface area (Å²) < 4.78 is 0. The number of nitrogens with zero attached hydrogens (tertiary/aromatic N) is 4. The van der Waals surface area contributed by atoms with Crippen LogP contribution in [0.5, 0.6) is 0 Å². The molecule has 2 saturated heterocycles. The van der Waals surface area contributed by atoms with Gasteiger partial charge in [-0.1, -0.05) is 20.3 Å². The molecule has 0 radical (unpaired) electrons. The third kappa shape index (κ3) is 5.93. The molecule has 3 rings (SSSR count). The van der Waals surface area contributed by atoms with Crippen molar-refractivity contribution in [3.63, 3.8) is 0 Å². The molecule has 2 aliphatic rings. The highest BCUT2D eigenvalue weighted by Crippen LogP contribution is 2.34. The first-order valence-electron chi connectivity index (χ1n) is 11.1. The minimum atomic E-state index is 0.448. The van der Waals surface area contributed by atoms with E-state index in [1.54, 1.807) is 11.3 Å². The van der Waals surface area contributed by atoms with Gasteiger partial charge in [-0.3, -0.25) is 9.89 Å². The normalized spacial score (nSPS) is 25.3. The first kappa shape index (κ1) is 21.6. The highest BCUT2D eigenvalue weighted by atomic mass is 32.1. The molecule has 0 aliphatic carbocycles. The summed E-state index contributed by atoms with van der Waals surface area (Å²) in [5.41, 5.74) is 1.68. The van der Waals surface area contributed by atoms with E-state index in [9.17, 15) is 0 Å². The van der Waals surface area contributed by atoms with Crippen LogP contribution >= 0.6 is 11.3 Å². The number of hydrogen-bond acceptors (Lipinski definition) is 4. The van der Waals surface area contributed by atoms with Crippen molar-refractivity contribution in [2.24, 2.45) is 16.3 Å². The number of guanidine groups is 1. The molecular weight excluding hydrogens is 366 g/mol. The Bertz CT molecular complexity index is 631. The van der Waals surface area contributed by atoms with Gasteiger partial charge in [-0.05, 0) is 63.5 Å². The van der Waals surface area contributed by atoms with Gasteiger partial charge in [0, 0.05) is 38.6 Å². The maximum Gasteiger partial charge on any atom is 0.193 e. The zero-order valence-corrected chi connectivity index (χ0v) is 19.2. The van der Waals surface area contributed by atoms with Crippen molar-refractivity contribution in [1.29, 1.82) is 0 Å². The maximum absolute atomic E-state index is 4.61. The lowest BCUT2D eigenvalue weighted by atomic mass is 9.78. The molecule has 0 saturated carbocycles. The summed E-state index contributed by atoms with van der Waals surface area (Å²) >= 11 is 1.76. The number of nitrogens with one attached hydrogen (secondary N) is 1. The van der Waals surface area contributed by atoms with Gasteiger partial charge in [-0.25, -0.2) is 4.98 Å². The van der Waals surface area contributed by atoms with Crippen LogP contribution in [-0.2, 0) is 6.54 Å². The second kappa shape index (κ2) is 10.1. The van der Waals surface area contributed by atoms with Gasteiger partial charge in [0.25, 0.3) is 0 Å². The van der Waals surface area contributed by atoms with E-state index in [0.29, 0.717) is 5.41 Å². The molecule has 1 unspecified atom stereocenters. The first-order valence-corrected chi connectivity index (χ1v) is 12.0. The molecule has 0 amide bonds. The fraction of sp³-hybridized carbons (Fsp3) is 0.818. The molecule has 2 aliphatic heterocycles. The van der Waals surface area contributed by atoms with E-state index in [1.807, 2.05) is 7.05 Å². The SMILES string of the molecule is CCCC1(C)CCCN(C(=NC)NCC2CCN(Cc3csc(C)n3)CC2)C1. The highest BCUT2D eigenvalue weighted by Gasteiger charge is 2.31. The van der Waals surface area contributed by atoms with Crippen LogP contribution in [0, 0.1) is 18.3 Å². The number of likely N-dealkylation sites (tertiary alicyclic amines) is 2. The number of aryl methyl sites for hydroxylation is 1. The molecule has 1 aromatic heterocycles. The molecule has 0 aromatic carbocycles. The Hall–Kier alpha value is -1.14. The lowest BCUT2D eigenvalue weighted by molar-refractivity contribution is 0.141. The summed E-state index contributed by atoms with van der Waals surface area (Å²) in [6, 6.07) is 0. The Morgan fingerprint density at radius 1 is 1.36 bits per heavy atom. The van der Waals surface area contributed by atoms with E-state index in [1.165, 1.54) is 62.3 Å². The van der Waals surface area contributed by atoms with Crippen molar-refractivity contribution in [2.75, 3.05) is 39.8 Å². The molecule has 1 atom stereocenters. The molecule has 1 N–H and O–H groups in total. The summed E-state index contributed by atoms with van der Waals surface area (Å²) in [4.78, 5) is 14.3. The molecule has 3 heterocycles. The van der Waals surface area contributed by atoms with E-state index < -0.39 is 0 Å². The summed E-state index contributed by atoms with van der Waals surface area (Å²) in [5, 5.41) is 7.08. The fourth-order valence-corrected chi connectivity index (χ4v) is 5.53. The number of piperidine rings is 2. The lowest BCUT2D eigenvalue weighted by Crippen LogP contribution is -2.51. The minimum absolute atomic E-state index is 0.448. The molecule has 6 heteroatoms. The van der Waals surface area contributed by atoms with E-state index in [-0.39, 0.29) is 0 Å².